The molecule has 0 aromatic heterocycles. The minimum absolute atomic E-state index is 0.138. The van der Waals surface area contributed by atoms with E-state index < -0.39 is 12.0 Å². The number of hydrogen-bond acceptors (Lipinski definition) is 4. The zero-order chi connectivity index (χ0) is 15.2. The van der Waals surface area contributed by atoms with Crippen molar-refractivity contribution in [2.45, 2.75) is 25.3 Å². The molecule has 112 valence electrons. The molecule has 21 heavy (non-hydrogen) atoms. The van der Waals surface area contributed by atoms with Crippen molar-refractivity contribution in [3.05, 3.63) is 29.8 Å². The number of aliphatic carboxylic acids is 1. The van der Waals surface area contributed by atoms with Crippen LogP contribution in [0.2, 0.25) is 0 Å². The van der Waals surface area contributed by atoms with Crippen molar-refractivity contribution in [1.29, 1.82) is 0 Å². The average Bonchev–Trinajstić information content (AvgIpc) is 2.97. The maximum Gasteiger partial charge on any atom is 0.326 e. The summed E-state index contributed by atoms with van der Waals surface area (Å²) in [5.74, 6) is -0.583. The van der Waals surface area contributed by atoms with Crippen LogP contribution < -0.4 is 4.74 Å². The summed E-state index contributed by atoms with van der Waals surface area (Å²) in [5.41, 5.74) is 0.555. The summed E-state index contributed by atoms with van der Waals surface area (Å²) in [6, 6.07) is 5.87. The van der Waals surface area contributed by atoms with Gasteiger partial charge in [-0.05, 0) is 37.1 Å². The van der Waals surface area contributed by atoms with Gasteiger partial charge in [0, 0.05) is 12.1 Å². The summed E-state index contributed by atoms with van der Waals surface area (Å²) in [6.45, 7) is 0.673. The number of rotatable bonds is 6. The zero-order valence-electron chi connectivity index (χ0n) is 11.5. The molecular weight excluding hydrogens is 274 g/mol. The van der Waals surface area contributed by atoms with Gasteiger partial charge >= 0.3 is 5.97 Å². The van der Waals surface area contributed by atoms with Gasteiger partial charge in [0.1, 0.15) is 18.1 Å². The number of likely N-dealkylation sites (tertiary alicyclic amines) is 1. The van der Waals surface area contributed by atoms with Gasteiger partial charge in [0.25, 0.3) is 0 Å². The molecule has 1 N–H and O–H groups in total. The normalized spacial score (nSPS) is 17.5. The average molecular weight is 291 g/mol. The quantitative estimate of drug-likeness (QED) is 0.800. The number of aldehydes is 1. The number of carboxylic acid groups (broad SMARTS) is 1. The molecule has 1 aromatic carbocycles. The molecule has 0 radical (unpaired) electrons. The molecule has 1 aliphatic heterocycles. The van der Waals surface area contributed by atoms with Gasteiger partial charge in [0.05, 0.1) is 13.0 Å². The van der Waals surface area contributed by atoms with Crippen LogP contribution in [-0.2, 0) is 9.59 Å². The molecule has 0 aliphatic carbocycles. The third-order valence-electron chi connectivity index (χ3n) is 3.46. The van der Waals surface area contributed by atoms with Crippen LogP contribution in [0.3, 0.4) is 0 Å². The second kappa shape index (κ2) is 6.88. The molecule has 1 amide bonds. The predicted molar refractivity (Wildman–Crippen MR) is 74.3 cm³/mol. The predicted octanol–water partition coefficient (Wildman–Crippen LogP) is 1.34. The van der Waals surface area contributed by atoms with Crippen LogP contribution in [0.5, 0.6) is 5.75 Å². The lowest BCUT2D eigenvalue weighted by atomic mass is 10.2. The first-order valence-electron chi connectivity index (χ1n) is 6.82. The minimum Gasteiger partial charge on any atom is -0.493 e. The molecule has 1 aromatic rings. The fourth-order valence-electron chi connectivity index (χ4n) is 2.36. The first-order chi connectivity index (χ1) is 10.1. The number of hydrogen-bond donors (Lipinski definition) is 1. The second-order valence-corrected chi connectivity index (χ2v) is 4.87. The molecule has 6 nitrogen and oxygen atoms in total. The SMILES string of the molecule is O=Cc1ccc(OCCC(=O)N2CCCC2C(=O)O)cc1. The van der Waals surface area contributed by atoms with Crippen LogP contribution in [0, 0.1) is 0 Å². The van der Waals surface area contributed by atoms with Gasteiger partial charge in [-0.3, -0.25) is 9.59 Å². The Balaban J connectivity index is 1.81. The van der Waals surface area contributed by atoms with E-state index in [1.165, 1.54) is 4.90 Å². The van der Waals surface area contributed by atoms with Gasteiger partial charge < -0.3 is 14.7 Å². The van der Waals surface area contributed by atoms with Gasteiger partial charge in [-0.2, -0.15) is 0 Å². The number of ether oxygens (including phenoxy) is 1. The van der Waals surface area contributed by atoms with E-state index in [2.05, 4.69) is 0 Å². The number of carbonyl (C=O) groups excluding carboxylic acids is 2. The largest absolute Gasteiger partial charge is 0.493 e. The Hall–Kier alpha value is -2.37. The Morgan fingerprint density at radius 2 is 2.05 bits per heavy atom. The summed E-state index contributed by atoms with van der Waals surface area (Å²) < 4.78 is 5.42. The number of carboxylic acids is 1. The molecule has 1 fully saturated rings. The summed E-state index contributed by atoms with van der Waals surface area (Å²) >= 11 is 0. The van der Waals surface area contributed by atoms with Crippen molar-refractivity contribution in [3.63, 3.8) is 0 Å². The molecule has 1 atom stereocenters. The summed E-state index contributed by atoms with van der Waals surface area (Å²) in [7, 11) is 0. The van der Waals surface area contributed by atoms with Gasteiger partial charge in [-0.1, -0.05) is 0 Å². The maximum absolute atomic E-state index is 12.0. The van der Waals surface area contributed by atoms with Crippen molar-refractivity contribution in [3.8, 4) is 5.75 Å². The monoisotopic (exact) mass is 291 g/mol. The van der Waals surface area contributed by atoms with Gasteiger partial charge in [0.15, 0.2) is 0 Å². The Bertz CT molecular complexity index is 525. The number of nitrogens with zero attached hydrogens (tertiary/aromatic N) is 1. The van der Waals surface area contributed by atoms with Crippen LogP contribution in [0.15, 0.2) is 24.3 Å². The second-order valence-electron chi connectivity index (χ2n) is 4.87. The fourth-order valence-corrected chi connectivity index (χ4v) is 2.36. The highest BCUT2D eigenvalue weighted by Gasteiger charge is 2.33. The standard InChI is InChI=1S/C15H17NO5/c17-10-11-3-5-12(6-4-11)21-9-7-14(18)16-8-1-2-13(16)15(19)20/h3-6,10,13H,1-2,7-9H2,(H,19,20). The Morgan fingerprint density at radius 3 is 2.67 bits per heavy atom. The highest BCUT2D eigenvalue weighted by molar-refractivity contribution is 5.84. The van der Waals surface area contributed by atoms with E-state index in [-0.39, 0.29) is 18.9 Å². The van der Waals surface area contributed by atoms with Gasteiger partial charge in [-0.15, -0.1) is 0 Å². The highest BCUT2D eigenvalue weighted by atomic mass is 16.5. The van der Waals surface area contributed by atoms with Crippen molar-refractivity contribution in [1.82, 2.24) is 4.90 Å². The van der Waals surface area contributed by atoms with Crippen molar-refractivity contribution >= 4 is 18.2 Å². The van der Waals surface area contributed by atoms with Crippen LogP contribution in [-0.4, -0.2) is 47.4 Å². The smallest absolute Gasteiger partial charge is 0.326 e. The summed E-state index contributed by atoms with van der Waals surface area (Å²) in [5, 5.41) is 9.03. The van der Waals surface area contributed by atoms with E-state index in [4.69, 9.17) is 9.84 Å². The third kappa shape index (κ3) is 3.81. The third-order valence-corrected chi connectivity index (χ3v) is 3.46. The lowest BCUT2D eigenvalue weighted by Crippen LogP contribution is -2.40. The Kier molecular flexibility index (Phi) is 4.92. The van der Waals surface area contributed by atoms with Crippen molar-refractivity contribution < 1.29 is 24.2 Å². The highest BCUT2D eigenvalue weighted by Crippen LogP contribution is 2.18. The fraction of sp³-hybridized carbons (Fsp3) is 0.400. The Morgan fingerprint density at radius 1 is 1.33 bits per heavy atom. The molecule has 1 aliphatic rings. The van der Waals surface area contributed by atoms with E-state index in [1.807, 2.05) is 0 Å². The molecule has 1 unspecified atom stereocenters. The first-order valence-corrected chi connectivity index (χ1v) is 6.82. The zero-order valence-corrected chi connectivity index (χ0v) is 11.5. The Labute approximate surface area is 122 Å². The number of benzene rings is 1. The lowest BCUT2D eigenvalue weighted by Gasteiger charge is -2.21. The van der Waals surface area contributed by atoms with Gasteiger partial charge in [-0.25, -0.2) is 4.79 Å². The number of amides is 1. The maximum atomic E-state index is 12.0. The molecule has 1 heterocycles. The first kappa shape index (κ1) is 15.0. The summed E-state index contributed by atoms with van der Waals surface area (Å²) in [4.78, 5) is 34.9. The van der Waals surface area contributed by atoms with Crippen LogP contribution in [0.4, 0.5) is 0 Å². The number of carbonyl (C=O) groups is 3. The van der Waals surface area contributed by atoms with E-state index in [0.717, 1.165) is 12.7 Å². The molecular formula is C15H17NO5. The van der Waals surface area contributed by atoms with Crippen LogP contribution >= 0.6 is 0 Å². The van der Waals surface area contributed by atoms with E-state index in [0.29, 0.717) is 24.3 Å². The van der Waals surface area contributed by atoms with E-state index >= 15 is 0 Å². The molecule has 1 saturated heterocycles. The molecule has 0 saturated carbocycles. The van der Waals surface area contributed by atoms with E-state index in [9.17, 15) is 14.4 Å². The molecule has 6 heteroatoms. The van der Waals surface area contributed by atoms with E-state index in [1.54, 1.807) is 24.3 Å². The van der Waals surface area contributed by atoms with Crippen molar-refractivity contribution in [2.24, 2.45) is 0 Å². The topological polar surface area (TPSA) is 83.9 Å². The van der Waals surface area contributed by atoms with Crippen molar-refractivity contribution in [2.75, 3.05) is 13.2 Å². The van der Waals surface area contributed by atoms with Gasteiger partial charge in [0.2, 0.25) is 5.91 Å². The molecule has 0 spiro atoms. The van der Waals surface area contributed by atoms with Crippen LogP contribution in [0.25, 0.3) is 0 Å². The van der Waals surface area contributed by atoms with Crippen LogP contribution in [0.1, 0.15) is 29.6 Å². The molecule has 0 bridgehead atoms. The lowest BCUT2D eigenvalue weighted by molar-refractivity contribution is -0.148. The molecule has 2 rings (SSSR count). The summed E-state index contributed by atoms with van der Waals surface area (Å²) in [6.07, 6.45) is 2.11. The minimum atomic E-state index is -0.953.